The molecule has 30 heavy (non-hydrogen) atoms. The summed E-state index contributed by atoms with van der Waals surface area (Å²) in [4.78, 5) is 0. The van der Waals surface area contributed by atoms with E-state index in [1.807, 2.05) is 0 Å². The van der Waals surface area contributed by atoms with Crippen LogP contribution in [-0.2, 0) is 29.6 Å². The van der Waals surface area contributed by atoms with Crippen LogP contribution in [0.1, 0.15) is 0 Å². The number of halogens is 17. The Kier molecular flexibility index (Phi) is 7.83. The van der Waals surface area contributed by atoms with Gasteiger partial charge in [-0.3, -0.25) is 4.55 Å². The Labute approximate surface area is 165 Å². The fourth-order valence-corrected chi connectivity index (χ4v) is 1.76. The average molecular weight is 566 g/mol. The zero-order chi connectivity index (χ0) is 24.5. The van der Waals surface area contributed by atoms with E-state index in [9.17, 15) is 83.1 Å². The van der Waals surface area contributed by atoms with E-state index in [4.69, 9.17) is 4.55 Å². The monoisotopic (exact) mass is 564 g/mol. The molecule has 1 N–H and O–H groups in total. The first kappa shape index (κ1) is 31.5. The zero-order valence-electron chi connectivity index (χ0n) is 12.8. The molecule has 0 bridgehead atoms. The fraction of sp³-hybridized carbons (Fsp3) is 1.00. The molecule has 0 aliphatic rings. The maximum absolute atomic E-state index is 13.0. The Morgan fingerprint density at radius 3 is 0.833 bits per heavy atom. The van der Waals surface area contributed by atoms with Crippen LogP contribution in [0.25, 0.3) is 0 Å². The summed E-state index contributed by atoms with van der Waals surface area (Å²) in [5.41, 5.74) is 0. The van der Waals surface area contributed by atoms with Crippen molar-refractivity contribution in [2.75, 3.05) is 0 Å². The van der Waals surface area contributed by atoms with E-state index >= 15 is 0 Å². The summed E-state index contributed by atoms with van der Waals surface area (Å²) < 4.78 is 242. The van der Waals surface area contributed by atoms with Crippen LogP contribution in [0.15, 0.2) is 0 Å². The van der Waals surface area contributed by atoms with Gasteiger partial charge in [0.25, 0.3) is 0 Å². The SMILES string of the molecule is O=S(=O)(O)C(F)(F)C(F)(F)C(F)(F)C(F)(F)C(F)(F)C(F)(F)C(F)(F)C(F)(F)F.[Zn]. The Bertz CT molecular complexity index is 739. The van der Waals surface area contributed by atoms with Crippen molar-refractivity contribution in [1.29, 1.82) is 0 Å². The maximum Gasteiger partial charge on any atom is 0.460 e. The second-order valence-electron chi connectivity index (χ2n) is 4.94. The minimum absolute atomic E-state index is 0. The summed E-state index contributed by atoms with van der Waals surface area (Å²) in [6.45, 7) is 0. The zero-order valence-corrected chi connectivity index (χ0v) is 16.6. The maximum atomic E-state index is 13.0. The van der Waals surface area contributed by atoms with Crippen molar-refractivity contribution < 1.29 is 107 Å². The average Bonchev–Trinajstić information content (AvgIpc) is 2.43. The van der Waals surface area contributed by atoms with Crippen LogP contribution in [0.4, 0.5) is 74.6 Å². The third-order valence-electron chi connectivity index (χ3n) is 3.02. The van der Waals surface area contributed by atoms with Crippen molar-refractivity contribution in [3.05, 3.63) is 0 Å². The molecule has 0 aromatic heterocycles. The molecule has 0 rings (SSSR count). The van der Waals surface area contributed by atoms with E-state index < -0.39 is 57.1 Å². The molecule has 178 valence electrons. The molecule has 0 unspecified atom stereocenters. The van der Waals surface area contributed by atoms with Crippen molar-refractivity contribution in [2.24, 2.45) is 0 Å². The molecule has 0 aliphatic heterocycles. The normalized spacial score (nSPS) is 16.3. The summed E-state index contributed by atoms with van der Waals surface area (Å²) in [6.07, 6.45) is -7.88. The molecule has 0 aromatic rings. The quantitative estimate of drug-likeness (QED) is 0.273. The molecule has 3 nitrogen and oxygen atoms in total. The van der Waals surface area contributed by atoms with Gasteiger partial charge < -0.3 is 0 Å². The summed E-state index contributed by atoms with van der Waals surface area (Å²) in [7, 11) is -7.89. The first-order chi connectivity index (χ1) is 12.0. The number of alkyl halides is 17. The molecule has 0 saturated carbocycles. The second-order valence-corrected chi connectivity index (χ2v) is 6.40. The van der Waals surface area contributed by atoms with Gasteiger partial charge in [-0.05, 0) is 0 Å². The first-order valence-corrected chi connectivity index (χ1v) is 7.12. The third kappa shape index (κ3) is 3.73. The van der Waals surface area contributed by atoms with E-state index in [1.165, 1.54) is 0 Å². The Morgan fingerprint density at radius 2 is 0.633 bits per heavy atom. The van der Waals surface area contributed by atoms with Gasteiger partial charge in [-0.1, -0.05) is 0 Å². The van der Waals surface area contributed by atoms with Gasteiger partial charge in [0.1, 0.15) is 0 Å². The second kappa shape index (κ2) is 7.45. The van der Waals surface area contributed by atoms with Crippen molar-refractivity contribution in [1.82, 2.24) is 0 Å². The van der Waals surface area contributed by atoms with Crippen molar-refractivity contribution in [3.63, 3.8) is 0 Å². The fourth-order valence-electron chi connectivity index (χ4n) is 1.31. The minimum atomic E-state index is -8.89. The molecule has 22 heteroatoms. The first-order valence-electron chi connectivity index (χ1n) is 5.68. The van der Waals surface area contributed by atoms with E-state index in [-0.39, 0.29) is 19.5 Å². The Morgan fingerprint density at radius 1 is 0.433 bits per heavy atom. The van der Waals surface area contributed by atoms with E-state index in [0.29, 0.717) is 0 Å². The summed E-state index contributed by atoms with van der Waals surface area (Å²) in [5, 5.41) is -7.84. The number of hydrogen-bond acceptors (Lipinski definition) is 2. The van der Waals surface area contributed by atoms with Crippen LogP contribution in [-0.4, -0.2) is 59.9 Å². The van der Waals surface area contributed by atoms with Crippen LogP contribution >= 0.6 is 0 Å². The van der Waals surface area contributed by atoms with E-state index in [0.717, 1.165) is 0 Å². The molecule has 0 aliphatic carbocycles. The molecular weight excluding hydrogens is 565 g/mol. The topological polar surface area (TPSA) is 54.4 Å². The predicted molar refractivity (Wildman–Crippen MR) is 52.2 cm³/mol. The summed E-state index contributed by atoms with van der Waals surface area (Å²) in [6, 6.07) is 0. The van der Waals surface area contributed by atoms with Crippen molar-refractivity contribution in [2.45, 2.75) is 47.0 Å². The van der Waals surface area contributed by atoms with Gasteiger partial charge in [0, 0.05) is 19.5 Å². The summed E-state index contributed by atoms with van der Waals surface area (Å²) >= 11 is 0. The number of rotatable bonds is 7. The molecule has 0 atom stereocenters. The molecule has 0 radical (unpaired) electrons. The van der Waals surface area contributed by atoms with E-state index in [1.54, 1.807) is 0 Å². The standard InChI is InChI=1S/C8HF17O3S.Zn/c9-1(10,3(13,14)5(17,18)7(21,22)23)2(11,12)4(15,16)6(19,20)8(24,25)29(26,27)28;/h(H,26,27,28);. The van der Waals surface area contributed by atoms with Gasteiger partial charge >= 0.3 is 57.1 Å². The van der Waals surface area contributed by atoms with Gasteiger partial charge in [-0.15, -0.1) is 0 Å². The van der Waals surface area contributed by atoms with Gasteiger partial charge in [0.2, 0.25) is 0 Å². The van der Waals surface area contributed by atoms with Crippen LogP contribution in [0.5, 0.6) is 0 Å². The Balaban J connectivity index is 0. The van der Waals surface area contributed by atoms with Crippen LogP contribution in [0.3, 0.4) is 0 Å². The van der Waals surface area contributed by atoms with Gasteiger partial charge in [0.15, 0.2) is 0 Å². The minimum Gasteiger partial charge on any atom is -0.281 e. The molecular formula is C8HF17O3SZn. The largest absolute Gasteiger partial charge is 0.460 e. The molecule has 0 heterocycles. The third-order valence-corrected chi connectivity index (χ3v) is 3.92. The number of hydrogen-bond donors (Lipinski definition) is 1. The van der Waals surface area contributed by atoms with Gasteiger partial charge in [0.05, 0.1) is 0 Å². The molecule has 0 spiro atoms. The van der Waals surface area contributed by atoms with Crippen molar-refractivity contribution >= 4 is 10.1 Å². The molecule has 0 aromatic carbocycles. The summed E-state index contributed by atoms with van der Waals surface area (Å²) in [5.74, 6) is -52.0. The Hall–Kier alpha value is -0.657. The van der Waals surface area contributed by atoms with Gasteiger partial charge in [-0.25, -0.2) is 0 Å². The predicted octanol–water partition coefficient (Wildman–Crippen LogP) is 4.84. The van der Waals surface area contributed by atoms with Crippen molar-refractivity contribution in [3.8, 4) is 0 Å². The molecule has 0 amide bonds. The van der Waals surface area contributed by atoms with E-state index in [2.05, 4.69) is 0 Å². The molecule has 0 saturated heterocycles. The van der Waals surface area contributed by atoms with Crippen LogP contribution in [0, 0.1) is 0 Å². The molecule has 0 fully saturated rings. The van der Waals surface area contributed by atoms with Gasteiger partial charge in [-0.2, -0.15) is 83.1 Å². The smallest absolute Gasteiger partial charge is 0.281 e. The van der Waals surface area contributed by atoms with Crippen LogP contribution < -0.4 is 0 Å². The van der Waals surface area contributed by atoms with Crippen LogP contribution in [0.2, 0.25) is 0 Å².